The van der Waals surface area contributed by atoms with E-state index in [2.05, 4.69) is 5.32 Å². The summed E-state index contributed by atoms with van der Waals surface area (Å²) in [5.41, 5.74) is 1.05. The minimum absolute atomic E-state index is 0.0723. The number of carbonyl (C=O) groups excluding carboxylic acids is 2. The van der Waals surface area contributed by atoms with Crippen molar-refractivity contribution < 1.29 is 14.7 Å². The van der Waals surface area contributed by atoms with E-state index in [0.29, 0.717) is 11.1 Å². The van der Waals surface area contributed by atoms with Crippen molar-refractivity contribution in [2.75, 3.05) is 0 Å². The van der Waals surface area contributed by atoms with E-state index in [4.69, 9.17) is 0 Å². The van der Waals surface area contributed by atoms with Crippen molar-refractivity contribution in [3.63, 3.8) is 0 Å². The van der Waals surface area contributed by atoms with Gasteiger partial charge in [-0.05, 0) is 38.5 Å². The third kappa shape index (κ3) is 2.82. The zero-order valence-corrected chi connectivity index (χ0v) is 9.57. The Morgan fingerprint density at radius 3 is 2.50 bits per heavy atom. The Bertz CT molecular complexity index is 426. The van der Waals surface area contributed by atoms with Crippen LogP contribution < -0.4 is 5.32 Å². The van der Waals surface area contributed by atoms with Crippen LogP contribution in [0.2, 0.25) is 0 Å². The zero-order chi connectivity index (χ0) is 12.3. The molecule has 1 aromatic rings. The highest BCUT2D eigenvalue weighted by atomic mass is 16.3. The molecular formula is C12H15NO3. The van der Waals surface area contributed by atoms with Gasteiger partial charge in [0.1, 0.15) is 5.75 Å². The topological polar surface area (TPSA) is 66.4 Å². The average Bonchev–Trinajstić information content (AvgIpc) is 2.21. The predicted octanol–water partition coefficient (Wildman–Crippen LogP) is 1.41. The van der Waals surface area contributed by atoms with Gasteiger partial charge in [0.05, 0.1) is 6.04 Å². The first-order chi connectivity index (χ1) is 7.41. The number of amides is 1. The number of rotatable bonds is 3. The van der Waals surface area contributed by atoms with Gasteiger partial charge in [0, 0.05) is 5.56 Å². The Labute approximate surface area is 94.3 Å². The molecule has 0 bridgehead atoms. The van der Waals surface area contributed by atoms with Crippen LogP contribution in [0.1, 0.15) is 29.8 Å². The molecule has 0 saturated heterocycles. The molecule has 0 saturated carbocycles. The van der Waals surface area contributed by atoms with Gasteiger partial charge in [-0.15, -0.1) is 0 Å². The van der Waals surface area contributed by atoms with Gasteiger partial charge in [-0.1, -0.05) is 6.07 Å². The van der Waals surface area contributed by atoms with Gasteiger partial charge >= 0.3 is 0 Å². The number of nitrogens with one attached hydrogen (secondary N) is 1. The Morgan fingerprint density at radius 2 is 2.00 bits per heavy atom. The average molecular weight is 221 g/mol. The van der Waals surface area contributed by atoms with Crippen molar-refractivity contribution in [1.82, 2.24) is 5.32 Å². The van der Waals surface area contributed by atoms with Crippen LogP contribution in [0.4, 0.5) is 0 Å². The van der Waals surface area contributed by atoms with Crippen LogP contribution in [0.25, 0.3) is 0 Å². The molecule has 0 aliphatic carbocycles. The van der Waals surface area contributed by atoms with E-state index >= 15 is 0 Å². The number of Topliss-reactive ketones (excluding diaryl/α,β-unsaturated/α-hetero) is 1. The SMILES string of the molecule is CC(=O)C(C)NC(=O)c1ccc(C)c(O)c1. The number of hydrogen-bond donors (Lipinski definition) is 2. The van der Waals surface area contributed by atoms with Crippen LogP contribution in [-0.2, 0) is 4.79 Å². The molecule has 0 heterocycles. The second-order valence-electron chi connectivity index (χ2n) is 3.81. The van der Waals surface area contributed by atoms with E-state index in [1.165, 1.54) is 13.0 Å². The summed E-state index contributed by atoms with van der Waals surface area (Å²) in [7, 11) is 0. The summed E-state index contributed by atoms with van der Waals surface area (Å²) < 4.78 is 0. The molecule has 1 unspecified atom stereocenters. The van der Waals surface area contributed by atoms with Gasteiger partial charge in [-0.3, -0.25) is 9.59 Å². The third-order valence-electron chi connectivity index (χ3n) is 2.43. The third-order valence-corrected chi connectivity index (χ3v) is 2.43. The van der Waals surface area contributed by atoms with Gasteiger partial charge in [-0.2, -0.15) is 0 Å². The molecule has 1 amide bonds. The van der Waals surface area contributed by atoms with Crippen LogP contribution in [0.3, 0.4) is 0 Å². The van der Waals surface area contributed by atoms with Gasteiger partial charge in [-0.25, -0.2) is 0 Å². The minimum atomic E-state index is -0.518. The molecular weight excluding hydrogens is 206 g/mol. The van der Waals surface area contributed by atoms with Crippen molar-refractivity contribution in [2.24, 2.45) is 0 Å². The highest BCUT2D eigenvalue weighted by molar-refractivity contribution is 5.97. The van der Waals surface area contributed by atoms with Crippen LogP contribution in [0.15, 0.2) is 18.2 Å². The maximum Gasteiger partial charge on any atom is 0.251 e. The first-order valence-corrected chi connectivity index (χ1v) is 5.02. The van der Waals surface area contributed by atoms with E-state index in [-0.39, 0.29) is 17.4 Å². The summed E-state index contributed by atoms with van der Waals surface area (Å²) >= 11 is 0. The lowest BCUT2D eigenvalue weighted by Crippen LogP contribution is -2.37. The van der Waals surface area contributed by atoms with E-state index in [1.54, 1.807) is 26.0 Å². The number of carbonyl (C=O) groups is 2. The maximum absolute atomic E-state index is 11.6. The molecule has 1 atom stereocenters. The highest BCUT2D eigenvalue weighted by Crippen LogP contribution is 2.17. The predicted molar refractivity (Wildman–Crippen MR) is 60.5 cm³/mol. The second kappa shape index (κ2) is 4.79. The Balaban J connectivity index is 2.81. The van der Waals surface area contributed by atoms with Crippen molar-refractivity contribution in [2.45, 2.75) is 26.8 Å². The molecule has 4 heteroatoms. The van der Waals surface area contributed by atoms with Crippen molar-refractivity contribution in [3.8, 4) is 5.75 Å². The van der Waals surface area contributed by atoms with Gasteiger partial charge in [0.15, 0.2) is 5.78 Å². The number of ketones is 1. The summed E-state index contributed by atoms with van der Waals surface area (Å²) in [6.45, 7) is 4.78. The van der Waals surface area contributed by atoms with Crippen LogP contribution >= 0.6 is 0 Å². The first-order valence-electron chi connectivity index (χ1n) is 5.02. The standard InChI is InChI=1S/C12H15NO3/c1-7-4-5-10(6-11(7)15)12(16)13-8(2)9(3)14/h4-6,8,15H,1-3H3,(H,13,16). The summed E-state index contributed by atoms with van der Waals surface area (Å²) in [5, 5.41) is 12.0. The Morgan fingerprint density at radius 1 is 1.38 bits per heavy atom. The lowest BCUT2D eigenvalue weighted by molar-refractivity contribution is -0.118. The van der Waals surface area contributed by atoms with Gasteiger partial charge < -0.3 is 10.4 Å². The molecule has 0 radical (unpaired) electrons. The van der Waals surface area contributed by atoms with Crippen molar-refractivity contribution >= 4 is 11.7 Å². The van der Waals surface area contributed by atoms with Crippen LogP contribution in [0, 0.1) is 6.92 Å². The molecule has 4 nitrogen and oxygen atoms in total. The van der Waals surface area contributed by atoms with Crippen LogP contribution in [0.5, 0.6) is 5.75 Å². The fourth-order valence-electron chi connectivity index (χ4n) is 1.13. The van der Waals surface area contributed by atoms with E-state index < -0.39 is 6.04 Å². The lowest BCUT2D eigenvalue weighted by atomic mass is 10.1. The summed E-state index contributed by atoms with van der Waals surface area (Å²) in [4.78, 5) is 22.6. The smallest absolute Gasteiger partial charge is 0.251 e. The van der Waals surface area contributed by atoms with E-state index in [1.807, 2.05) is 0 Å². The number of aryl methyl sites for hydroxylation is 1. The summed E-state index contributed by atoms with van der Waals surface area (Å²) in [6.07, 6.45) is 0. The maximum atomic E-state index is 11.6. The molecule has 0 fully saturated rings. The number of hydrogen-bond acceptors (Lipinski definition) is 3. The fourth-order valence-corrected chi connectivity index (χ4v) is 1.13. The van der Waals surface area contributed by atoms with Crippen molar-refractivity contribution in [3.05, 3.63) is 29.3 Å². The molecule has 16 heavy (non-hydrogen) atoms. The molecule has 0 aliphatic heterocycles. The van der Waals surface area contributed by atoms with E-state index in [0.717, 1.165) is 0 Å². The Kier molecular flexibility index (Phi) is 3.66. The number of benzene rings is 1. The number of phenols is 1. The van der Waals surface area contributed by atoms with Gasteiger partial charge in [0.25, 0.3) is 5.91 Å². The largest absolute Gasteiger partial charge is 0.508 e. The quantitative estimate of drug-likeness (QED) is 0.811. The summed E-state index contributed by atoms with van der Waals surface area (Å²) in [6, 6.07) is 4.13. The number of aromatic hydroxyl groups is 1. The molecule has 86 valence electrons. The summed E-state index contributed by atoms with van der Waals surface area (Å²) in [5.74, 6) is -0.397. The molecule has 0 spiro atoms. The Hall–Kier alpha value is -1.84. The van der Waals surface area contributed by atoms with E-state index in [9.17, 15) is 14.7 Å². The highest BCUT2D eigenvalue weighted by Gasteiger charge is 2.13. The molecule has 2 N–H and O–H groups in total. The molecule has 1 rings (SSSR count). The lowest BCUT2D eigenvalue weighted by Gasteiger charge is -2.10. The molecule has 1 aromatic carbocycles. The van der Waals surface area contributed by atoms with Gasteiger partial charge in [0.2, 0.25) is 0 Å². The first kappa shape index (κ1) is 12.2. The minimum Gasteiger partial charge on any atom is -0.508 e. The monoisotopic (exact) mass is 221 g/mol. The number of phenolic OH excluding ortho intramolecular Hbond substituents is 1. The normalized spacial score (nSPS) is 11.9. The van der Waals surface area contributed by atoms with Crippen molar-refractivity contribution in [1.29, 1.82) is 0 Å². The molecule has 0 aliphatic rings. The second-order valence-corrected chi connectivity index (χ2v) is 3.81. The molecule has 0 aromatic heterocycles. The fraction of sp³-hybridized carbons (Fsp3) is 0.333. The zero-order valence-electron chi connectivity index (χ0n) is 9.57. The van der Waals surface area contributed by atoms with Crippen LogP contribution in [-0.4, -0.2) is 22.8 Å².